The number of rotatable bonds is 9. The van der Waals surface area contributed by atoms with Gasteiger partial charge in [0.1, 0.15) is 44.0 Å². The zero-order valence-corrected chi connectivity index (χ0v) is 28.6. The highest BCUT2D eigenvalue weighted by Crippen LogP contribution is 2.43. The van der Waals surface area contributed by atoms with Crippen LogP contribution in [0.3, 0.4) is 0 Å². The molecule has 0 bridgehead atoms. The molecule has 0 aliphatic carbocycles. The average molecular weight is 773 g/mol. The maximum atomic E-state index is 12.4. The third kappa shape index (κ3) is 6.82. The normalized spacial score (nSPS) is 12.3. The summed E-state index contributed by atoms with van der Waals surface area (Å²) in [6.45, 7) is 0. The Labute approximate surface area is 303 Å². The van der Waals surface area contributed by atoms with Crippen LogP contribution in [0, 0.1) is 0 Å². The number of hydrogen-bond donors (Lipinski definition) is 8. The zero-order valence-electron chi connectivity index (χ0n) is 27.0. The quantitative estimate of drug-likeness (QED) is 0.0418. The van der Waals surface area contributed by atoms with Crippen molar-refractivity contribution in [1.29, 1.82) is 0 Å². The van der Waals surface area contributed by atoms with E-state index in [-0.39, 0.29) is 66.9 Å². The molecule has 6 rings (SSSR count). The molecule has 0 atom stereocenters. The maximum absolute atomic E-state index is 12.4. The Morgan fingerprint density at radius 1 is 0.556 bits per heavy atom. The van der Waals surface area contributed by atoms with E-state index in [2.05, 4.69) is 20.5 Å². The van der Waals surface area contributed by atoms with Gasteiger partial charge in [0, 0.05) is 21.8 Å². The van der Waals surface area contributed by atoms with Crippen molar-refractivity contribution in [2.45, 2.75) is 9.79 Å². The topological polar surface area (TPSA) is 325 Å². The largest absolute Gasteiger partial charge is 0.507 e. The lowest BCUT2D eigenvalue weighted by molar-refractivity contribution is 0.0686. The van der Waals surface area contributed by atoms with Crippen LogP contribution < -0.4 is 11.5 Å². The van der Waals surface area contributed by atoms with Gasteiger partial charge in [0.15, 0.2) is 0 Å². The third-order valence-electron chi connectivity index (χ3n) is 8.08. The summed E-state index contributed by atoms with van der Waals surface area (Å²) in [6, 6.07) is 17.1. The molecule has 0 aromatic heterocycles. The molecule has 0 fully saturated rings. The minimum atomic E-state index is -4.97. The SMILES string of the molecule is Nc1cc(/N=N/c2ccc(-c3ccc(/N=N/c4cc(S(=O)(=O)O)c5cccc(O)c5c4N)c(C(=O)O)c3)cc2C(=O)O)c(S(=O)(=O)O)c2cccc(O)c12. The van der Waals surface area contributed by atoms with Gasteiger partial charge in [-0.3, -0.25) is 9.11 Å². The molecule has 0 unspecified atom stereocenters. The van der Waals surface area contributed by atoms with Crippen LogP contribution in [0.25, 0.3) is 32.7 Å². The molecule has 54 heavy (non-hydrogen) atoms. The van der Waals surface area contributed by atoms with E-state index in [1.165, 1.54) is 60.7 Å². The Balaban J connectivity index is 1.39. The molecule has 0 saturated carbocycles. The number of nitrogens with zero attached hydrogens (tertiary/aromatic N) is 4. The Bertz CT molecular complexity index is 2900. The maximum Gasteiger partial charge on any atom is 0.337 e. The minimum absolute atomic E-state index is 0.0720. The second-order valence-electron chi connectivity index (χ2n) is 11.4. The van der Waals surface area contributed by atoms with Crippen molar-refractivity contribution >= 4 is 87.8 Å². The van der Waals surface area contributed by atoms with Gasteiger partial charge in [0.05, 0.1) is 22.2 Å². The van der Waals surface area contributed by atoms with E-state index in [0.717, 1.165) is 24.3 Å². The summed E-state index contributed by atoms with van der Waals surface area (Å²) in [5, 5.41) is 55.7. The van der Waals surface area contributed by atoms with Crippen LogP contribution in [0.4, 0.5) is 34.1 Å². The molecule has 20 heteroatoms. The number of anilines is 2. The highest BCUT2D eigenvalue weighted by atomic mass is 32.2. The Morgan fingerprint density at radius 2 is 1.04 bits per heavy atom. The molecule has 6 aromatic carbocycles. The summed E-state index contributed by atoms with van der Waals surface area (Å²) in [4.78, 5) is 23.2. The van der Waals surface area contributed by atoms with Gasteiger partial charge in [-0.25, -0.2) is 9.59 Å². The predicted molar refractivity (Wildman–Crippen MR) is 194 cm³/mol. The number of carboxylic acid groups (broad SMARTS) is 2. The van der Waals surface area contributed by atoms with Gasteiger partial charge < -0.3 is 31.9 Å². The predicted octanol–water partition coefficient (Wildman–Crippen LogP) is 6.96. The second kappa shape index (κ2) is 13.5. The van der Waals surface area contributed by atoms with Crippen LogP contribution in [-0.4, -0.2) is 58.3 Å². The van der Waals surface area contributed by atoms with Gasteiger partial charge in [-0.15, -0.1) is 20.5 Å². The van der Waals surface area contributed by atoms with Crippen LogP contribution >= 0.6 is 0 Å². The number of benzene rings is 6. The fraction of sp³-hybridized carbons (Fsp3) is 0. The fourth-order valence-electron chi connectivity index (χ4n) is 5.70. The van der Waals surface area contributed by atoms with E-state index in [1.807, 2.05) is 0 Å². The molecular formula is C34H24N6O12S2. The smallest absolute Gasteiger partial charge is 0.337 e. The first-order valence-corrected chi connectivity index (χ1v) is 17.9. The zero-order chi connectivity index (χ0) is 39.3. The van der Waals surface area contributed by atoms with E-state index in [0.29, 0.717) is 0 Å². The number of carboxylic acids is 2. The number of aromatic hydroxyl groups is 2. The molecule has 0 radical (unpaired) electrons. The van der Waals surface area contributed by atoms with Crippen molar-refractivity contribution in [2.24, 2.45) is 20.5 Å². The number of azo groups is 2. The molecule has 6 aromatic rings. The van der Waals surface area contributed by atoms with Crippen molar-refractivity contribution in [1.82, 2.24) is 0 Å². The molecule has 0 spiro atoms. The lowest BCUT2D eigenvalue weighted by Gasteiger charge is -2.11. The number of hydrogen-bond acceptors (Lipinski definition) is 14. The van der Waals surface area contributed by atoms with Crippen LogP contribution in [0.1, 0.15) is 20.7 Å². The monoisotopic (exact) mass is 772 g/mol. The molecular weight excluding hydrogens is 749 g/mol. The number of fused-ring (bicyclic) bond motifs is 2. The van der Waals surface area contributed by atoms with Crippen molar-refractivity contribution < 1.29 is 56.0 Å². The van der Waals surface area contributed by atoms with Gasteiger partial charge in [0.25, 0.3) is 20.2 Å². The second-order valence-corrected chi connectivity index (χ2v) is 14.2. The van der Waals surface area contributed by atoms with E-state index < -0.39 is 64.5 Å². The van der Waals surface area contributed by atoms with Crippen LogP contribution in [0.2, 0.25) is 0 Å². The molecule has 274 valence electrons. The van der Waals surface area contributed by atoms with E-state index in [4.69, 9.17) is 11.5 Å². The summed E-state index contributed by atoms with van der Waals surface area (Å²) in [7, 11) is -9.81. The third-order valence-corrected chi connectivity index (χ3v) is 9.91. The van der Waals surface area contributed by atoms with Crippen LogP contribution in [0.15, 0.2) is 115 Å². The number of aromatic carboxylic acids is 2. The Morgan fingerprint density at radius 3 is 1.54 bits per heavy atom. The molecule has 0 saturated heterocycles. The first-order valence-electron chi connectivity index (χ1n) is 15.0. The van der Waals surface area contributed by atoms with Crippen LogP contribution in [0.5, 0.6) is 11.5 Å². The standard InChI is InChI=1S/C34H24N6O12S2/c35-21-13-25(32(54(50,51)52)18-4-2-5-26(41)29(18)21)40-38-23-10-8-16(12-20(23)34(45)46)15-7-9-22(19(11-15)33(43)44)37-39-24-14-28(53(47,48)49)17-3-1-6-27(42)30(17)31(24)36/h1-14,41-42H,35-36H2,(H,43,44)(H,45,46)(H,47,48,49)(H,50,51,52)/b39-37+,40-38+. The first-order chi connectivity index (χ1) is 25.4. The lowest BCUT2D eigenvalue weighted by Crippen LogP contribution is -2.02. The van der Waals surface area contributed by atoms with Crippen LogP contribution in [-0.2, 0) is 20.2 Å². The average Bonchev–Trinajstić information content (AvgIpc) is 3.09. The molecule has 0 heterocycles. The van der Waals surface area contributed by atoms with Gasteiger partial charge in [-0.05, 0) is 59.7 Å². The lowest BCUT2D eigenvalue weighted by atomic mass is 9.99. The molecule has 10 N–H and O–H groups in total. The van der Waals surface area contributed by atoms with E-state index >= 15 is 0 Å². The highest BCUT2D eigenvalue weighted by Gasteiger charge is 2.24. The van der Waals surface area contributed by atoms with E-state index in [1.54, 1.807) is 0 Å². The fourth-order valence-corrected chi connectivity index (χ4v) is 7.22. The summed E-state index contributed by atoms with van der Waals surface area (Å²) in [6.07, 6.45) is 0. The number of phenols is 2. The van der Waals surface area contributed by atoms with Crippen molar-refractivity contribution in [3.63, 3.8) is 0 Å². The van der Waals surface area contributed by atoms with Crippen molar-refractivity contribution in [3.8, 4) is 22.6 Å². The summed E-state index contributed by atoms with van der Waals surface area (Å²) in [5.74, 6) is -3.75. The highest BCUT2D eigenvalue weighted by molar-refractivity contribution is 7.86. The molecule has 0 aliphatic heterocycles. The van der Waals surface area contributed by atoms with Gasteiger partial charge in [0.2, 0.25) is 0 Å². The number of nitrogens with two attached hydrogens (primary N) is 2. The minimum Gasteiger partial charge on any atom is -0.507 e. The Hall–Kier alpha value is -7.00. The summed E-state index contributed by atoms with van der Waals surface area (Å²) >= 11 is 0. The number of carbonyl (C=O) groups is 2. The van der Waals surface area contributed by atoms with Crippen molar-refractivity contribution in [2.75, 3.05) is 11.5 Å². The Kier molecular flexibility index (Phi) is 9.21. The van der Waals surface area contributed by atoms with Gasteiger partial charge >= 0.3 is 11.9 Å². The van der Waals surface area contributed by atoms with Gasteiger partial charge in [-0.2, -0.15) is 16.8 Å². The summed E-state index contributed by atoms with van der Waals surface area (Å²) in [5.41, 5.74) is 10.1. The van der Waals surface area contributed by atoms with Crippen molar-refractivity contribution in [3.05, 3.63) is 96.1 Å². The van der Waals surface area contributed by atoms with Gasteiger partial charge in [-0.1, -0.05) is 36.4 Å². The molecule has 0 aliphatic rings. The number of nitrogen functional groups attached to an aromatic ring is 2. The molecule has 18 nitrogen and oxygen atoms in total. The molecule has 0 amide bonds. The first kappa shape index (κ1) is 36.8. The number of phenolic OH excluding ortho intramolecular Hbond substituents is 2. The van der Waals surface area contributed by atoms with E-state index in [9.17, 15) is 56.0 Å². The summed E-state index contributed by atoms with van der Waals surface area (Å²) < 4.78 is 68.7.